The van der Waals surface area contributed by atoms with Gasteiger partial charge in [0.15, 0.2) is 0 Å². The lowest BCUT2D eigenvalue weighted by molar-refractivity contribution is 0.265. The highest BCUT2D eigenvalue weighted by molar-refractivity contribution is 7.87. The Bertz CT molecular complexity index is 325. The minimum Gasteiger partial charge on any atom is -0.202 e. The van der Waals surface area contributed by atoms with Crippen LogP contribution in [0.1, 0.15) is 39.5 Å². The zero-order chi connectivity index (χ0) is 12.0. The topological polar surface area (TPSA) is 49.4 Å². The average molecular weight is 246 g/mol. The first-order chi connectivity index (χ1) is 7.58. The van der Waals surface area contributed by atoms with Crippen LogP contribution in [0, 0.1) is 0 Å². The molecule has 5 heteroatoms. The highest BCUT2D eigenvalue weighted by atomic mass is 32.2. The molecule has 0 radical (unpaired) electrons. The largest absolute Gasteiger partial charge is 0.279 e. The number of hydrogen-bond donors (Lipinski definition) is 1. The number of rotatable bonds is 5. The molecule has 4 nitrogen and oxygen atoms in total. The van der Waals surface area contributed by atoms with Gasteiger partial charge in [-0.1, -0.05) is 18.6 Å². The Hall–Kier alpha value is -0.390. The lowest BCUT2D eigenvalue weighted by Gasteiger charge is -2.32. The van der Waals surface area contributed by atoms with E-state index < -0.39 is 10.2 Å². The van der Waals surface area contributed by atoms with Gasteiger partial charge in [0.25, 0.3) is 10.2 Å². The quantitative estimate of drug-likeness (QED) is 0.592. The third kappa shape index (κ3) is 3.88. The first kappa shape index (κ1) is 13.7. The molecule has 0 amide bonds. The van der Waals surface area contributed by atoms with Gasteiger partial charge in [-0.2, -0.15) is 12.7 Å². The van der Waals surface area contributed by atoms with Crippen molar-refractivity contribution in [3.8, 4) is 0 Å². The van der Waals surface area contributed by atoms with Crippen LogP contribution in [0.15, 0.2) is 12.2 Å². The molecule has 1 aliphatic rings. The zero-order valence-corrected chi connectivity index (χ0v) is 11.0. The third-order valence-corrected chi connectivity index (χ3v) is 4.61. The van der Waals surface area contributed by atoms with Crippen LogP contribution in [0.5, 0.6) is 0 Å². The van der Waals surface area contributed by atoms with Crippen molar-refractivity contribution < 1.29 is 8.42 Å². The van der Waals surface area contributed by atoms with Crippen LogP contribution in [0.25, 0.3) is 0 Å². The summed E-state index contributed by atoms with van der Waals surface area (Å²) in [5.74, 6) is 0. The Labute approximate surface area is 98.9 Å². The van der Waals surface area contributed by atoms with Gasteiger partial charge >= 0.3 is 0 Å². The van der Waals surface area contributed by atoms with Crippen molar-refractivity contribution in [3.63, 3.8) is 0 Å². The fraction of sp³-hybridized carbons (Fsp3) is 0.818. The SMILES string of the molecule is C/C=C/CCNS(=O)(=O)N1CCCCC1C. The lowest BCUT2D eigenvalue weighted by Crippen LogP contribution is -2.48. The number of nitrogens with zero attached hydrogens (tertiary/aromatic N) is 1. The van der Waals surface area contributed by atoms with Gasteiger partial charge < -0.3 is 0 Å². The normalized spacial score (nSPS) is 24.0. The molecule has 0 saturated carbocycles. The summed E-state index contributed by atoms with van der Waals surface area (Å²) < 4.78 is 28.1. The predicted molar refractivity (Wildman–Crippen MR) is 66.4 cm³/mol. The van der Waals surface area contributed by atoms with Crippen molar-refractivity contribution in [2.45, 2.75) is 45.6 Å². The van der Waals surface area contributed by atoms with Crippen molar-refractivity contribution in [1.29, 1.82) is 0 Å². The van der Waals surface area contributed by atoms with E-state index in [1.54, 1.807) is 4.31 Å². The fourth-order valence-corrected chi connectivity index (χ4v) is 3.44. The Morgan fingerprint density at radius 3 is 2.81 bits per heavy atom. The molecule has 0 bridgehead atoms. The van der Waals surface area contributed by atoms with Gasteiger partial charge in [0, 0.05) is 19.1 Å². The highest BCUT2D eigenvalue weighted by Gasteiger charge is 2.28. The molecule has 16 heavy (non-hydrogen) atoms. The van der Waals surface area contributed by atoms with E-state index >= 15 is 0 Å². The monoisotopic (exact) mass is 246 g/mol. The predicted octanol–water partition coefficient (Wildman–Crippen LogP) is 1.66. The van der Waals surface area contributed by atoms with Gasteiger partial charge in [-0.25, -0.2) is 4.72 Å². The Kier molecular flexibility index (Phi) is 5.44. The number of allylic oxidation sites excluding steroid dienone is 1. The van der Waals surface area contributed by atoms with E-state index in [0.29, 0.717) is 13.1 Å². The maximum Gasteiger partial charge on any atom is 0.279 e. The van der Waals surface area contributed by atoms with E-state index in [-0.39, 0.29) is 6.04 Å². The fourth-order valence-electron chi connectivity index (χ4n) is 1.95. The Morgan fingerprint density at radius 2 is 2.19 bits per heavy atom. The average Bonchev–Trinajstić information content (AvgIpc) is 2.25. The van der Waals surface area contributed by atoms with E-state index in [1.165, 1.54) is 0 Å². The van der Waals surface area contributed by atoms with Crippen LogP contribution in [0.2, 0.25) is 0 Å². The molecule has 1 aliphatic heterocycles. The molecule has 1 fully saturated rings. The molecule has 1 atom stereocenters. The molecule has 1 heterocycles. The first-order valence-corrected chi connectivity index (χ1v) is 7.39. The van der Waals surface area contributed by atoms with E-state index in [1.807, 2.05) is 26.0 Å². The van der Waals surface area contributed by atoms with Crippen molar-refractivity contribution in [2.24, 2.45) is 0 Å². The van der Waals surface area contributed by atoms with Gasteiger partial charge in [-0.15, -0.1) is 0 Å². The smallest absolute Gasteiger partial charge is 0.202 e. The minimum absolute atomic E-state index is 0.132. The molecule has 0 aromatic heterocycles. The second-order valence-electron chi connectivity index (χ2n) is 4.21. The van der Waals surface area contributed by atoms with Crippen LogP contribution in [0.4, 0.5) is 0 Å². The van der Waals surface area contributed by atoms with E-state index in [2.05, 4.69) is 4.72 Å². The number of piperidine rings is 1. The first-order valence-electron chi connectivity index (χ1n) is 5.95. The van der Waals surface area contributed by atoms with Crippen LogP contribution in [-0.4, -0.2) is 31.9 Å². The highest BCUT2D eigenvalue weighted by Crippen LogP contribution is 2.18. The summed E-state index contributed by atoms with van der Waals surface area (Å²) in [5, 5.41) is 0. The second kappa shape index (κ2) is 6.37. The van der Waals surface area contributed by atoms with E-state index in [0.717, 1.165) is 25.7 Å². The summed E-state index contributed by atoms with van der Waals surface area (Å²) in [4.78, 5) is 0. The molecule has 1 saturated heterocycles. The minimum atomic E-state index is -3.26. The van der Waals surface area contributed by atoms with Gasteiger partial charge in [0.1, 0.15) is 0 Å². The molecule has 1 N–H and O–H groups in total. The molecular formula is C11H22N2O2S. The summed E-state index contributed by atoms with van der Waals surface area (Å²) in [7, 11) is -3.26. The maximum absolute atomic E-state index is 11.9. The van der Waals surface area contributed by atoms with Gasteiger partial charge in [-0.05, 0) is 33.1 Å². The molecule has 0 spiro atoms. The van der Waals surface area contributed by atoms with Crippen LogP contribution >= 0.6 is 0 Å². The molecule has 0 aromatic carbocycles. The maximum atomic E-state index is 11.9. The summed E-state index contributed by atoms with van der Waals surface area (Å²) >= 11 is 0. The van der Waals surface area contributed by atoms with Crippen molar-refractivity contribution in [2.75, 3.05) is 13.1 Å². The van der Waals surface area contributed by atoms with Crippen molar-refractivity contribution >= 4 is 10.2 Å². The van der Waals surface area contributed by atoms with Gasteiger partial charge in [0.2, 0.25) is 0 Å². The number of hydrogen-bond acceptors (Lipinski definition) is 2. The second-order valence-corrected chi connectivity index (χ2v) is 5.92. The summed E-state index contributed by atoms with van der Waals surface area (Å²) in [6, 6.07) is 0.132. The molecule has 0 aromatic rings. The molecule has 94 valence electrons. The molecular weight excluding hydrogens is 224 g/mol. The lowest BCUT2D eigenvalue weighted by atomic mass is 10.1. The van der Waals surface area contributed by atoms with Gasteiger partial charge in [0.05, 0.1) is 0 Å². The molecule has 0 aliphatic carbocycles. The van der Waals surface area contributed by atoms with E-state index in [4.69, 9.17) is 0 Å². The Balaban J connectivity index is 2.48. The van der Waals surface area contributed by atoms with Crippen LogP contribution in [-0.2, 0) is 10.2 Å². The zero-order valence-electron chi connectivity index (χ0n) is 10.1. The number of nitrogens with one attached hydrogen (secondary N) is 1. The van der Waals surface area contributed by atoms with Crippen molar-refractivity contribution in [3.05, 3.63) is 12.2 Å². The summed E-state index contributed by atoms with van der Waals surface area (Å²) in [6.45, 7) is 5.04. The van der Waals surface area contributed by atoms with Gasteiger partial charge in [-0.3, -0.25) is 0 Å². The Morgan fingerprint density at radius 1 is 1.44 bits per heavy atom. The van der Waals surface area contributed by atoms with E-state index in [9.17, 15) is 8.42 Å². The molecule has 1 unspecified atom stereocenters. The standard InChI is InChI=1S/C11H22N2O2S/c1-3-4-6-9-12-16(14,15)13-10-7-5-8-11(13)2/h3-4,11-12H,5-10H2,1-2H3/b4-3+. The van der Waals surface area contributed by atoms with Crippen LogP contribution in [0.3, 0.4) is 0 Å². The van der Waals surface area contributed by atoms with Crippen LogP contribution < -0.4 is 4.72 Å². The summed E-state index contributed by atoms with van der Waals surface area (Å²) in [5.41, 5.74) is 0. The molecule has 1 rings (SSSR count). The summed E-state index contributed by atoms with van der Waals surface area (Å²) in [6.07, 6.45) is 7.71. The van der Waals surface area contributed by atoms with Crippen molar-refractivity contribution in [1.82, 2.24) is 9.03 Å². The third-order valence-electron chi connectivity index (χ3n) is 2.88.